The Morgan fingerprint density at radius 2 is 1.88 bits per heavy atom. The highest BCUT2D eigenvalue weighted by Gasteiger charge is 2.13. The van der Waals surface area contributed by atoms with Crippen molar-refractivity contribution >= 4 is 16.0 Å². The first-order valence-corrected chi connectivity index (χ1v) is 6.08. The molecule has 1 rings (SSSR count). The maximum atomic E-state index is 10.8. The number of aliphatic hydroxyl groups excluding tert-OH is 1. The lowest BCUT2D eigenvalue weighted by Crippen LogP contribution is -2.20. The summed E-state index contributed by atoms with van der Waals surface area (Å²) in [7, 11) is -3.58. The van der Waals surface area contributed by atoms with Crippen LogP contribution in [0, 0.1) is 0 Å². The number of amides is 1. The zero-order chi connectivity index (χ0) is 12.3. The van der Waals surface area contributed by atoms with Crippen LogP contribution < -0.4 is 9.92 Å². The molecule has 3 N–H and O–H groups in total. The first-order valence-electron chi connectivity index (χ1n) is 4.26. The molecule has 1 amide bonds. The summed E-state index contributed by atoms with van der Waals surface area (Å²) in [6.07, 6.45) is -0.494. The van der Waals surface area contributed by atoms with E-state index in [0.29, 0.717) is 0 Å². The molecule has 1 unspecified atom stereocenters. The summed E-state index contributed by atoms with van der Waals surface area (Å²) in [6, 6.07) is 5.36. The molecular weight excluding hydrogens is 234 g/mol. The Morgan fingerprint density at radius 3 is 2.25 bits per heavy atom. The Kier molecular flexibility index (Phi) is 3.51. The third kappa shape index (κ3) is 3.52. The Labute approximate surface area is 92.8 Å². The predicted molar refractivity (Wildman–Crippen MR) is 56.1 cm³/mol. The first-order chi connectivity index (χ1) is 7.29. The van der Waals surface area contributed by atoms with Crippen molar-refractivity contribution in [1.29, 1.82) is 0 Å². The molecule has 0 aliphatic rings. The van der Waals surface area contributed by atoms with Crippen LogP contribution in [0.3, 0.4) is 0 Å². The van der Waals surface area contributed by atoms with Gasteiger partial charge >= 0.3 is 10.1 Å². The fraction of sp³-hybridized carbons (Fsp3) is 0.222. The molecule has 0 saturated heterocycles. The van der Waals surface area contributed by atoms with Gasteiger partial charge in [0, 0.05) is 0 Å². The van der Waals surface area contributed by atoms with Gasteiger partial charge in [-0.2, -0.15) is 8.42 Å². The molecule has 16 heavy (non-hydrogen) atoms. The quantitative estimate of drug-likeness (QED) is 0.698. The standard InChI is InChI=1S/C9H11NO5S/c1-16(13,14)15-7-4-2-6(3-5-7)8(11)9(10)12/h2-5,8,11H,1H3,(H2,10,12). The molecule has 0 fully saturated rings. The van der Waals surface area contributed by atoms with Gasteiger partial charge in [0.2, 0.25) is 0 Å². The number of primary amides is 1. The number of carbonyl (C=O) groups excluding carboxylic acids is 1. The average Bonchev–Trinajstić information content (AvgIpc) is 2.15. The van der Waals surface area contributed by atoms with Crippen molar-refractivity contribution in [2.45, 2.75) is 6.10 Å². The lowest BCUT2D eigenvalue weighted by Gasteiger charge is -2.07. The molecule has 0 heterocycles. The second-order valence-electron chi connectivity index (χ2n) is 3.16. The van der Waals surface area contributed by atoms with E-state index < -0.39 is 22.1 Å². The highest BCUT2D eigenvalue weighted by Crippen LogP contribution is 2.18. The molecule has 0 bridgehead atoms. The fourth-order valence-corrected chi connectivity index (χ4v) is 1.51. The first kappa shape index (κ1) is 12.5. The lowest BCUT2D eigenvalue weighted by atomic mass is 10.1. The molecule has 0 aliphatic carbocycles. The minimum atomic E-state index is -3.58. The van der Waals surface area contributed by atoms with Gasteiger partial charge in [-0.15, -0.1) is 0 Å². The maximum absolute atomic E-state index is 10.8. The lowest BCUT2D eigenvalue weighted by molar-refractivity contribution is -0.126. The van der Waals surface area contributed by atoms with E-state index >= 15 is 0 Å². The van der Waals surface area contributed by atoms with E-state index in [4.69, 9.17) is 5.73 Å². The molecule has 6 nitrogen and oxygen atoms in total. The Hall–Kier alpha value is -1.60. The summed E-state index contributed by atoms with van der Waals surface area (Å²) in [5.74, 6) is -0.778. The summed E-state index contributed by atoms with van der Waals surface area (Å²) in [5, 5.41) is 9.29. The summed E-state index contributed by atoms with van der Waals surface area (Å²) in [5.41, 5.74) is 5.16. The smallest absolute Gasteiger partial charge is 0.306 e. The number of nitrogens with two attached hydrogens (primary N) is 1. The van der Waals surface area contributed by atoms with E-state index in [9.17, 15) is 18.3 Å². The number of aliphatic hydroxyl groups is 1. The van der Waals surface area contributed by atoms with Crippen LogP contribution >= 0.6 is 0 Å². The van der Waals surface area contributed by atoms with E-state index in [-0.39, 0.29) is 11.3 Å². The number of hydrogen-bond donors (Lipinski definition) is 2. The predicted octanol–water partition coefficient (Wildman–Crippen LogP) is -0.456. The highest BCUT2D eigenvalue weighted by molar-refractivity contribution is 7.86. The van der Waals surface area contributed by atoms with Crippen LogP contribution in [-0.2, 0) is 14.9 Å². The maximum Gasteiger partial charge on any atom is 0.306 e. The monoisotopic (exact) mass is 245 g/mol. The molecule has 0 saturated carbocycles. The summed E-state index contributed by atoms with van der Waals surface area (Å²) in [4.78, 5) is 10.7. The van der Waals surface area contributed by atoms with Gasteiger partial charge in [0.05, 0.1) is 6.26 Å². The number of rotatable bonds is 4. The molecule has 0 radical (unpaired) electrons. The van der Waals surface area contributed by atoms with Crippen LogP contribution in [0.15, 0.2) is 24.3 Å². The Morgan fingerprint density at radius 1 is 1.38 bits per heavy atom. The summed E-state index contributed by atoms with van der Waals surface area (Å²) in [6.45, 7) is 0. The van der Waals surface area contributed by atoms with Gasteiger partial charge in [0.1, 0.15) is 5.75 Å². The number of hydrogen-bond acceptors (Lipinski definition) is 5. The minimum Gasteiger partial charge on any atom is -0.383 e. The van der Waals surface area contributed by atoms with E-state index in [1.54, 1.807) is 0 Å². The molecule has 0 spiro atoms. The van der Waals surface area contributed by atoms with Crippen LogP contribution in [0.25, 0.3) is 0 Å². The summed E-state index contributed by atoms with van der Waals surface area (Å²) < 4.78 is 26.1. The van der Waals surface area contributed by atoms with Crippen molar-refractivity contribution in [2.24, 2.45) is 5.73 Å². The van der Waals surface area contributed by atoms with Crippen molar-refractivity contribution in [3.63, 3.8) is 0 Å². The van der Waals surface area contributed by atoms with Gasteiger partial charge in [-0.3, -0.25) is 4.79 Å². The van der Waals surface area contributed by atoms with Crippen molar-refractivity contribution < 1.29 is 22.5 Å². The Balaban J connectivity index is 2.87. The van der Waals surface area contributed by atoms with E-state index in [1.807, 2.05) is 0 Å². The molecule has 7 heteroatoms. The largest absolute Gasteiger partial charge is 0.383 e. The zero-order valence-corrected chi connectivity index (χ0v) is 9.27. The minimum absolute atomic E-state index is 0.0999. The van der Waals surface area contributed by atoms with Crippen LogP contribution in [0.5, 0.6) is 5.75 Å². The van der Waals surface area contributed by atoms with Crippen LogP contribution in [0.1, 0.15) is 11.7 Å². The van der Waals surface area contributed by atoms with Gasteiger partial charge in [0.25, 0.3) is 5.91 Å². The van der Waals surface area contributed by atoms with Gasteiger partial charge < -0.3 is 15.0 Å². The molecule has 1 aromatic carbocycles. The third-order valence-corrected chi connectivity index (χ3v) is 2.21. The van der Waals surface area contributed by atoms with Gasteiger partial charge in [0.15, 0.2) is 6.10 Å². The van der Waals surface area contributed by atoms with Crippen molar-refractivity contribution in [2.75, 3.05) is 6.26 Å². The second-order valence-corrected chi connectivity index (χ2v) is 4.74. The van der Waals surface area contributed by atoms with E-state index in [1.165, 1.54) is 24.3 Å². The van der Waals surface area contributed by atoms with Crippen molar-refractivity contribution in [3.8, 4) is 5.75 Å². The topological polar surface area (TPSA) is 107 Å². The summed E-state index contributed by atoms with van der Waals surface area (Å²) >= 11 is 0. The molecule has 88 valence electrons. The zero-order valence-electron chi connectivity index (χ0n) is 8.45. The van der Waals surface area contributed by atoms with Crippen molar-refractivity contribution in [1.82, 2.24) is 0 Å². The van der Waals surface area contributed by atoms with Gasteiger partial charge in [-0.25, -0.2) is 0 Å². The molecular formula is C9H11NO5S. The average molecular weight is 245 g/mol. The third-order valence-electron chi connectivity index (χ3n) is 1.71. The molecule has 0 aromatic heterocycles. The molecule has 0 aliphatic heterocycles. The van der Waals surface area contributed by atoms with Crippen LogP contribution in [-0.4, -0.2) is 25.7 Å². The Bertz CT molecular complexity index is 479. The molecule has 1 atom stereocenters. The van der Waals surface area contributed by atoms with E-state index in [0.717, 1.165) is 6.26 Å². The SMILES string of the molecule is CS(=O)(=O)Oc1ccc(C(O)C(N)=O)cc1. The van der Waals surface area contributed by atoms with Crippen LogP contribution in [0.2, 0.25) is 0 Å². The fourth-order valence-electron chi connectivity index (χ4n) is 1.04. The van der Waals surface area contributed by atoms with Gasteiger partial charge in [-0.1, -0.05) is 12.1 Å². The van der Waals surface area contributed by atoms with Crippen molar-refractivity contribution in [3.05, 3.63) is 29.8 Å². The number of carbonyl (C=O) groups is 1. The van der Waals surface area contributed by atoms with E-state index in [2.05, 4.69) is 4.18 Å². The second kappa shape index (κ2) is 4.50. The molecule has 1 aromatic rings. The highest BCUT2D eigenvalue weighted by atomic mass is 32.2. The normalized spacial score (nSPS) is 13.1. The van der Waals surface area contributed by atoms with Crippen LogP contribution in [0.4, 0.5) is 0 Å². The number of benzene rings is 1. The van der Waals surface area contributed by atoms with Gasteiger partial charge in [-0.05, 0) is 17.7 Å².